The fourth-order valence-electron chi connectivity index (χ4n) is 3.20. The molecule has 1 saturated heterocycles. The molecule has 2 atom stereocenters. The van der Waals surface area contributed by atoms with Crippen LogP contribution in [0, 0.1) is 0 Å². The summed E-state index contributed by atoms with van der Waals surface area (Å²) in [5, 5.41) is 0.390. The Morgan fingerprint density at radius 3 is 2.68 bits per heavy atom. The average Bonchev–Trinajstić information content (AvgIpc) is 2.61. The summed E-state index contributed by atoms with van der Waals surface area (Å²) in [6, 6.07) is 15.8. The van der Waals surface area contributed by atoms with E-state index in [9.17, 15) is 4.79 Å². The monoisotopic (exact) mass is 359 g/mol. The zero-order chi connectivity index (χ0) is 17.8. The van der Waals surface area contributed by atoms with Gasteiger partial charge in [0.05, 0.1) is 29.9 Å². The van der Waals surface area contributed by atoms with Crippen LogP contribution in [0.5, 0.6) is 0 Å². The standard InChI is InChI=1S/C20H22ClNO3/c1-14-11-22(12-15-6-4-3-5-7-15)13-19(25-14)16-8-9-17(18(21)10-16)20(23)24-2/h3-10,14,19H,11-13H2,1-2H3/t14-,19-/m0/s1. The summed E-state index contributed by atoms with van der Waals surface area (Å²) in [5.41, 5.74) is 2.63. The summed E-state index contributed by atoms with van der Waals surface area (Å²) in [6.07, 6.45) is 0.0539. The molecule has 0 unspecified atom stereocenters. The number of esters is 1. The summed E-state index contributed by atoms with van der Waals surface area (Å²) in [6.45, 7) is 4.64. The van der Waals surface area contributed by atoms with Crippen LogP contribution in [0.1, 0.15) is 34.5 Å². The molecule has 0 spiro atoms. The van der Waals surface area contributed by atoms with Gasteiger partial charge in [-0.3, -0.25) is 4.90 Å². The van der Waals surface area contributed by atoms with Crippen molar-refractivity contribution >= 4 is 17.6 Å². The second kappa shape index (κ2) is 8.00. The largest absolute Gasteiger partial charge is 0.465 e. The van der Waals surface area contributed by atoms with Crippen LogP contribution >= 0.6 is 11.6 Å². The van der Waals surface area contributed by atoms with Crippen molar-refractivity contribution in [2.45, 2.75) is 25.7 Å². The van der Waals surface area contributed by atoms with E-state index in [4.69, 9.17) is 21.1 Å². The van der Waals surface area contributed by atoms with Gasteiger partial charge < -0.3 is 9.47 Å². The third-order valence-electron chi connectivity index (χ3n) is 4.36. The van der Waals surface area contributed by atoms with Gasteiger partial charge in [-0.2, -0.15) is 0 Å². The predicted octanol–water partition coefficient (Wildman–Crippen LogP) is 4.09. The third-order valence-corrected chi connectivity index (χ3v) is 4.67. The van der Waals surface area contributed by atoms with Crippen molar-refractivity contribution in [3.05, 3.63) is 70.2 Å². The number of ether oxygens (including phenoxy) is 2. The first-order valence-corrected chi connectivity index (χ1v) is 8.74. The van der Waals surface area contributed by atoms with Gasteiger partial charge in [0, 0.05) is 19.6 Å². The van der Waals surface area contributed by atoms with E-state index in [0.29, 0.717) is 10.6 Å². The first-order valence-electron chi connectivity index (χ1n) is 8.36. The van der Waals surface area contributed by atoms with E-state index in [1.54, 1.807) is 12.1 Å². The summed E-state index contributed by atoms with van der Waals surface area (Å²) in [5.74, 6) is -0.430. The molecule has 2 aromatic carbocycles. The quantitative estimate of drug-likeness (QED) is 0.771. The van der Waals surface area contributed by atoms with Gasteiger partial charge >= 0.3 is 5.97 Å². The topological polar surface area (TPSA) is 38.8 Å². The molecule has 25 heavy (non-hydrogen) atoms. The maximum atomic E-state index is 11.7. The lowest BCUT2D eigenvalue weighted by atomic mass is 10.0. The maximum Gasteiger partial charge on any atom is 0.339 e. The molecule has 0 bridgehead atoms. The molecular weight excluding hydrogens is 338 g/mol. The Labute approximate surface area is 153 Å². The van der Waals surface area contributed by atoms with Crippen molar-refractivity contribution < 1.29 is 14.3 Å². The van der Waals surface area contributed by atoms with Crippen LogP contribution < -0.4 is 0 Å². The number of benzene rings is 2. The Morgan fingerprint density at radius 2 is 2.00 bits per heavy atom. The molecule has 132 valence electrons. The van der Waals surface area contributed by atoms with Crippen molar-refractivity contribution in [2.75, 3.05) is 20.2 Å². The number of hydrogen-bond acceptors (Lipinski definition) is 4. The van der Waals surface area contributed by atoms with E-state index in [2.05, 4.69) is 36.1 Å². The van der Waals surface area contributed by atoms with Gasteiger partial charge in [0.15, 0.2) is 0 Å². The van der Waals surface area contributed by atoms with Crippen LogP contribution in [0.15, 0.2) is 48.5 Å². The summed E-state index contributed by atoms with van der Waals surface area (Å²) in [4.78, 5) is 14.1. The molecule has 3 rings (SSSR count). The number of carbonyl (C=O) groups excluding carboxylic acids is 1. The second-order valence-electron chi connectivity index (χ2n) is 6.35. The highest BCUT2D eigenvalue weighted by Crippen LogP contribution is 2.29. The molecule has 1 heterocycles. The Balaban J connectivity index is 1.75. The lowest BCUT2D eigenvalue weighted by Gasteiger charge is -2.37. The number of nitrogens with zero attached hydrogens (tertiary/aromatic N) is 1. The Hall–Kier alpha value is -1.88. The zero-order valence-electron chi connectivity index (χ0n) is 14.4. The minimum Gasteiger partial charge on any atom is -0.465 e. The Morgan fingerprint density at radius 1 is 1.24 bits per heavy atom. The highest BCUT2D eigenvalue weighted by Gasteiger charge is 2.27. The lowest BCUT2D eigenvalue weighted by molar-refractivity contribution is -0.0814. The van der Waals surface area contributed by atoms with Gasteiger partial charge in [-0.1, -0.05) is 48.0 Å². The molecule has 0 aliphatic carbocycles. The summed E-state index contributed by atoms with van der Waals surface area (Å²) in [7, 11) is 1.35. The lowest BCUT2D eigenvalue weighted by Crippen LogP contribution is -2.42. The van der Waals surface area contributed by atoms with Gasteiger partial charge in [-0.05, 0) is 30.2 Å². The van der Waals surface area contributed by atoms with Gasteiger partial charge in [0.2, 0.25) is 0 Å². The molecular formula is C20H22ClNO3. The van der Waals surface area contributed by atoms with Crippen LogP contribution in [0.4, 0.5) is 0 Å². The molecule has 4 nitrogen and oxygen atoms in total. The van der Waals surface area contributed by atoms with Crippen LogP contribution in [0.3, 0.4) is 0 Å². The SMILES string of the molecule is COC(=O)c1ccc([C@@H]2CN(Cc3ccccc3)C[C@H](C)O2)cc1Cl. The van der Waals surface area contributed by atoms with Crippen molar-refractivity contribution in [3.63, 3.8) is 0 Å². The van der Waals surface area contributed by atoms with E-state index in [-0.39, 0.29) is 12.2 Å². The van der Waals surface area contributed by atoms with E-state index < -0.39 is 5.97 Å². The number of morpholine rings is 1. The van der Waals surface area contributed by atoms with Crippen LogP contribution in [-0.2, 0) is 16.0 Å². The van der Waals surface area contributed by atoms with Crippen molar-refractivity contribution in [1.29, 1.82) is 0 Å². The summed E-state index contributed by atoms with van der Waals surface area (Å²) >= 11 is 6.25. The minimum absolute atomic E-state index is 0.0725. The molecule has 0 amide bonds. The van der Waals surface area contributed by atoms with Gasteiger partial charge in [-0.15, -0.1) is 0 Å². The average molecular weight is 360 g/mol. The first-order chi connectivity index (χ1) is 12.1. The van der Waals surface area contributed by atoms with Crippen LogP contribution in [0.25, 0.3) is 0 Å². The molecule has 1 aliphatic rings. The van der Waals surface area contributed by atoms with E-state index >= 15 is 0 Å². The van der Waals surface area contributed by atoms with Gasteiger partial charge in [0.1, 0.15) is 0 Å². The number of carbonyl (C=O) groups is 1. The summed E-state index contributed by atoms with van der Waals surface area (Å²) < 4.78 is 10.8. The second-order valence-corrected chi connectivity index (χ2v) is 6.75. The van der Waals surface area contributed by atoms with Gasteiger partial charge in [-0.25, -0.2) is 4.79 Å². The molecule has 5 heteroatoms. The maximum absolute atomic E-state index is 11.7. The molecule has 0 saturated carbocycles. The van der Waals surface area contributed by atoms with Crippen LogP contribution in [-0.4, -0.2) is 37.2 Å². The molecule has 1 fully saturated rings. The number of methoxy groups -OCH3 is 1. The Kier molecular flexibility index (Phi) is 5.74. The normalized spacial score (nSPS) is 21.1. The fourth-order valence-corrected chi connectivity index (χ4v) is 3.47. The van der Waals surface area contributed by atoms with Crippen LogP contribution in [0.2, 0.25) is 5.02 Å². The number of rotatable bonds is 4. The zero-order valence-corrected chi connectivity index (χ0v) is 15.2. The Bertz CT molecular complexity index is 735. The first kappa shape index (κ1) is 17.9. The molecule has 2 aromatic rings. The fraction of sp³-hybridized carbons (Fsp3) is 0.350. The van der Waals surface area contributed by atoms with E-state index in [1.165, 1.54) is 12.7 Å². The number of halogens is 1. The molecule has 0 aromatic heterocycles. The highest BCUT2D eigenvalue weighted by atomic mass is 35.5. The van der Waals surface area contributed by atoms with E-state index in [1.807, 2.05) is 12.1 Å². The smallest absolute Gasteiger partial charge is 0.339 e. The van der Waals surface area contributed by atoms with Gasteiger partial charge in [0.25, 0.3) is 0 Å². The molecule has 0 radical (unpaired) electrons. The van der Waals surface area contributed by atoms with Crippen molar-refractivity contribution in [2.24, 2.45) is 0 Å². The number of hydrogen-bond donors (Lipinski definition) is 0. The van der Waals surface area contributed by atoms with E-state index in [0.717, 1.165) is 25.2 Å². The third kappa shape index (κ3) is 4.40. The highest BCUT2D eigenvalue weighted by molar-refractivity contribution is 6.33. The molecule has 1 aliphatic heterocycles. The van der Waals surface area contributed by atoms with Crippen molar-refractivity contribution in [3.8, 4) is 0 Å². The predicted molar refractivity (Wildman–Crippen MR) is 97.8 cm³/mol. The minimum atomic E-state index is -0.430. The molecule has 0 N–H and O–H groups in total. The van der Waals surface area contributed by atoms with Crippen molar-refractivity contribution in [1.82, 2.24) is 4.90 Å².